The molecule has 4 fully saturated rings. The van der Waals surface area contributed by atoms with E-state index in [1.165, 1.54) is 22.3 Å². The number of likely N-dealkylation sites (N-methyl/N-ethyl adjacent to an activating group) is 1. The van der Waals surface area contributed by atoms with Gasteiger partial charge in [0.25, 0.3) is 0 Å². The number of sulfonamides is 1. The lowest BCUT2D eigenvalue weighted by Crippen LogP contribution is -2.55. The van der Waals surface area contributed by atoms with E-state index in [4.69, 9.17) is 11.6 Å². The second-order valence-corrected chi connectivity index (χ2v) is 14.7. The summed E-state index contributed by atoms with van der Waals surface area (Å²) in [7, 11) is -1.93. The molecule has 1 N–H and O–H groups in total. The van der Waals surface area contributed by atoms with E-state index in [0.29, 0.717) is 35.1 Å². The third-order valence-electron chi connectivity index (χ3n) is 8.40. The Kier molecular flexibility index (Phi) is 9.20. The van der Waals surface area contributed by atoms with Crippen molar-refractivity contribution in [3.63, 3.8) is 0 Å². The zero-order valence-corrected chi connectivity index (χ0v) is 25.2. The molecule has 13 heteroatoms. The van der Waals surface area contributed by atoms with E-state index in [9.17, 15) is 22.8 Å². The van der Waals surface area contributed by atoms with Crippen LogP contribution in [0, 0.1) is 5.92 Å². The fourth-order valence-electron chi connectivity index (χ4n) is 6.02. The largest absolute Gasteiger partial charge is 0.341 e. The van der Waals surface area contributed by atoms with Crippen molar-refractivity contribution in [2.45, 2.75) is 63.1 Å². The highest BCUT2D eigenvalue weighted by Crippen LogP contribution is 2.32. The summed E-state index contributed by atoms with van der Waals surface area (Å²) in [5, 5.41) is 1.05. The molecule has 0 aromatic carbocycles. The summed E-state index contributed by atoms with van der Waals surface area (Å²) >= 11 is 7.16. The molecule has 1 saturated carbocycles. The van der Waals surface area contributed by atoms with Gasteiger partial charge in [0.2, 0.25) is 27.7 Å². The van der Waals surface area contributed by atoms with Gasteiger partial charge >= 0.3 is 0 Å². The Morgan fingerprint density at radius 2 is 1.90 bits per heavy atom. The van der Waals surface area contributed by atoms with Gasteiger partial charge < -0.3 is 14.7 Å². The smallest absolute Gasteiger partial charge is 0.242 e. The molecular formula is C27H38ClN5O5S2. The minimum atomic E-state index is -3.85. The Morgan fingerprint density at radius 1 is 1.12 bits per heavy atom. The number of amides is 3. The number of carbonyl (C=O) groups is 3. The predicted octanol–water partition coefficient (Wildman–Crippen LogP) is 2.22. The van der Waals surface area contributed by atoms with Gasteiger partial charge in [0.15, 0.2) is 0 Å². The quantitative estimate of drug-likeness (QED) is 0.434. The molecule has 3 saturated heterocycles. The molecule has 1 aromatic heterocycles. The molecule has 3 atom stereocenters. The summed E-state index contributed by atoms with van der Waals surface area (Å²) < 4.78 is 28.3. The van der Waals surface area contributed by atoms with E-state index < -0.39 is 16.1 Å². The molecule has 1 unspecified atom stereocenters. The van der Waals surface area contributed by atoms with Crippen molar-refractivity contribution in [3.8, 4) is 0 Å². The van der Waals surface area contributed by atoms with E-state index in [1.807, 2.05) is 16.8 Å². The molecule has 5 rings (SSSR count). The molecule has 0 bridgehead atoms. The fourth-order valence-corrected chi connectivity index (χ4v) is 8.09. The van der Waals surface area contributed by atoms with E-state index in [-0.39, 0.29) is 42.3 Å². The first-order valence-corrected chi connectivity index (χ1v) is 16.9. The number of thiophene rings is 1. The molecule has 4 heterocycles. The molecule has 3 amide bonds. The standard InChI is InChI=1S/C27H38ClN5O5S2/c1-30(26(35)19-6-7-19)20-10-14-31(16-20)17-21-4-2-13-33(21)25(34)18-32-12-3-5-23(27(32)36)29-40(37,38)15-11-22-8-9-24(28)39-22/h8-9,11,15,19-21,23,29H,2-7,10,12-14,16-18H2,1H3/t20?,21-,23-/m0/s1. The summed E-state index contributed by atoms with van der Waals surface area (Å²) in [6.07, 6.45) is 7.26. The first-order valence-electron chi connectivity index (χ1n) is 14.1. The number of rotatable bonds is 10. The van der Waals surface area contributed by atoms with Crippen molar-refractivity contribution in [3.05, 3.63) is 26.8 Å². The van der Waals surface area contributed by atoms with Gasteiger partial charge in [-0.25, -0.2) is 8.42 Å². The van der Waals surface area contributed by atoms with Crippen LogP contribution in [0.15, 0.2) is 17.5 Å². The number of likely N-dealkylation sites (tertiary alicyclic amines) is 3. The molecule has 1 aromatic rings. The van der Waals surface area contributed by atoms with Gasteiger partial charge in [-0.15, -0.1) is 11.3 Å². The minimum absolute atomic E-state index is 0.0433. The van der Waals surface area contributed by atoms with Gasteiger partial charge in [0.1, 0.15) is 6.04 Å². The Bertz CT molecular complexity index is 1250. The maximum atomic E-state index is 13.3. The monoisotopic (exact) mass is 611 g/mol. The lowest BCUT2D eigenvalue weighted by Gasteiger charge is -2.34. The van der Waals surface area contributed by atoms with Crippen LogP contribution in [0.5, 0.6) is 0 Å². The number of hydrogen-bond acceptors (Lipinski definition) is 7. The SMILES string of the molecule is CN(C(=O)C1CC1)C1CCN(C[C@@H]2CCCN2C(=O)CN2CCC[C@H](NS(=O)(=O)C=Cc3ccc(Cl)s3)C2=O)C1. The highest BCUT2D eigenvalue weighted by atomic mass is 35.5. The number of hydrogen-bond donors (Lipinski definition) is 1. The molecule has 40 heavy (non-hydrogen) atoms. The average Bonchev–Trinajstić information content (AvgIpc) is 3.27. The van der Waals surface area contributed by atoms with Crippen molar-refractivity contribution < 1.29 is 22.8 Å². The van der Waals surface area contributed by atoms with Crippen molar-refractivity contribution in [1.82, 2.24) is 24.3 Å². The van der Waals surface area contributed by atoms with E-state index in [1.54, 1.807) is 12.1 Å². The molecule has 1 aliphatic carbocycles. The maximum absolute atomic E-state index is 13.3. The zero-order chi connectivity index (χ0) is 28.4. The molecule has 0 spiro atoms. The molecule has 3 aliphatic heterocycles. The van der Waals surface area contributed by atoms with Crippen LogP contribution in [0.3, 0.4) is 0 Å². The highest BCUT2D eigenvalue weighted by molar-refractivity contribution is 7.92. The maximum Gasteiger partial charge on any atom is 0.242 e. The van der Waals surface area contributed by atoms with Crippen molar-refractivity contribution in [2.75, 3.05) is 46.3 Å². The summed E-state index contributed by atoms with van der Waals surface area (Å²) in [5.41, 5.74) is 0. The van der Waals surface area contributed by atoms with Gasteiger partial charge in [-0.3, -0.25) is 19.3 Å². The molecule has 0 radical (unpaired) electrons. The molecular weight excluding hydrogens is 574 g/mol. The van der Waals surface area contributed by atoms with Crippen molar-refractivity contribution in [2.24, 2.45) is 5.92 Å². The van der Waals surface area contributed by atoms with Gasteiger partial charge in [-0.1, -0.05) is 11.6 Å². The van der Waals surface area contributed by atoms with Gasteiger partial charge in [0, 0.05) is 68.1 Å². The Balaban J connectivity index is 1.12. The van der Waals surface area contributed by atoms with Crippen LogP contribution in [0.2, 0.25) is 4.34 Å². The fraction of sp³-hybridized carbons (Fsp3) is 0.667. The summed E-state index contributed by atoms with van der Waals surface area (Å²) in [6, 6.07) is 2.83. The molecule has 4 aliphatic rings. The van der Waals surface area contributed by atoms with Crippen LogP contribution >= 0.6 is 22.9 Å². The summed E-state index contributed by atoms with van der Waals surface area (Å²) in [5.74, 6) is 0.0271. The highest BCUT2D eigenvalue weighted by Gasteiger charge is 2.39. The van der Waals surface area contributed by atoms with Gasteiger partial charge in [0.05, 0.1) is 10.9 Å². The van der Waals surface area contributed by atoms with Crippen LogP contribution in [0.4, 0.5) is 0 Å². The van der Waals surface area contributed by atoms with Crippen molar-refractivity contribution in [1.29, 1.82) is 0 Å². The number of halogens is 1. The third-order valence-corrected chi connectivity index (χ3v) is 10.7. The van der Waals surface area contributed by atoms with E-state index in [0.717, 1.165) is 57.1 Å². The Morgan fingerprint density at radius 3 is 2.62 bits per heavy atom. The van der Waals surface area contributed by atoms with Gasteiger partial charge in [-0.2, -0.15) is 4.72 Å². The summed E-state index contributed by atoms with van der Waals surface area (Å²) in [6.45, 7) is 3.56. The topological polar surface area (TPSA) is 110 Å². The first kappa shape index (κ1) is 29.5. The second kappa shape index (κ2) is 12.5. The van der Waals surface area contributed by atoms with E-state index >= 15 is 0 Å². The minimum Gasteiger partial charge on any atom is -0.341 e. The first-order chi connectivity index (χ1) is 19.1. The number of nitrogens with one attached hydrogen (secondary N) is 1. The van der Waals surface area contributed by atoms with Crippen molar-refractivity contribution >= 4 is 56.8 Å². The summed E-state index contributed by atoms with van der Waals surface area (Å²) in [4.78, 5) is 47.3. The second-order valence-electron chi connectivity index (χ2n) is 11.4. The van der Waals surface area contributed by atoms with Gasteiger partial charge in [-0.05, 0) is 63.2 Å². The van der Waals surface area contributed by atoms with Crippen LogP contribution in [-0.4, -0.2) is 110 Å². The third kappa shape index (κ3) is 7.25. The zero-order valence-electron chi connectivity index (χ0n) is 22.8. The predicted molar refractivity (Wildman–Crippen MR) is 155 cm³/mol. The molecule has 220 valence electrons. The number of piperidine rings is 1. The molecule has 10 nitrogen and oxygen atoms in total. The number of carbonyl (C=O) groups excluding carboxylic acids is 3. The Labute approximate surface area is 245 Å². The van der Waals surface area contributed by atoms with E-state index in [2.05, 4.69) is 9.62 Å². The van der Waals surface area contributed by atoms with Crippen LogP contribution < -0.4 is 4.72 Å². The number of nitrogens with zero attached hydrogens (tertiary/aromatic N) is 4. The van der Waals surface area contributed by atoms with Crippen LogP contribution in [0.1, 0.15) is 49.8 Å². The normalized spacial score (nSPS) is 26.2. The lowest BCUT2D eigenvalue weighted by molar-refractivity contribution is -0.143. The lowest BCUT2D eigenvalue weighted by atomic mass is 10.1. The van der Waals surface area contributed by atoms with Crippen LogP contribution in [0.25, 0.3) is 6.08 Å². The average molecular weight is 612 g/mol. The van der Waals surface area contributed by atoms with Crippen LogP contribution in [-0.2, 0) is 24.4 Å². The Hall–Kier alpha value is -1.99.